The van der Waals surface area contributed by atoms with E-state index in [-0.39, 0.29) is 5.54 Å². The maximum atomic E-state index is 4.43. The van der Waals surface area contributed by atoms with Crippen LogP contribution in [0.1, 0.15) is 39.0 Å². The van der Waals surface area contributed by atoms with Crippen LogP contribution in [0.3, 0.4) is 0 Å². The van der Waals surface area contributed by atoms with E-state index in [0.717, 1.165) is 31.2 Å². The number of aromatic nitrogens is 1. The number of pyridine rings is 1. The first-order valence-electron chi connectivity index (χ1n) is 7.68. The summed E-state index contributed by atoms with van der Waals surface area (Å²) in [4.78, 5) is 11.1. The van der Waals surface area contributed by atoms with Crippen molar-refractivity contribution in [3.8, 4) is 0 Å². The third kappa shape index (κ3) is 3.04. The van der Waals surface area contributed by atoms with E-state index < -0.39 is 0 Å². The molecule has 1 fully saturated rings. The molecule has 0 amide bonds. The Balaban J connectivity index is 1.89. The lowest BCUT2D eigenvalue weighted by molar-refractivity contribution is -0.0666. The van der Waals surface area contributed by atoms with Gasteiger partial charge in [-0.1, -0.05) is 19.9 Å². The van der Waals surface area contributed by atoms with E-state index in [1.807, 2.05) is 20.2 Å². The molecule has 4 heteroatoms. The number of hydrogen-bond acceptors (Lipinski definition) is 2. The summed E-state index contributed by atoms with van der Waals surface area (Å²) in [6.07, 6.45) is 2.92. The van der Waals surface area contributed by atoms with Gasteiger partial charge in [-0.05, 0) is 38.8 Å². The highest BCUT2D eigenvalue weighted by atomic mass is 15.4. The number of likely N-dealkylation sites (tertiary alicyclic amines) is 1. The van der Waals surface area contributed by atoms with Gasteiger partial charge in [0.05, 0.1) is 0 Å². The van der Waals surface area contributed by atoms with Crippen LogP contribution in [0.4, 0.5) is 0 Å². The quantitative estimate of drug-likeness (QED) is 0.686. The summed E-state index contributed by atoms with van der Waals surface area (Å²) in [5.74, 6) is 0.999. The summed E-state index contributed by atoms with van der Waals surface area (Å²) in [5.41, 5.74) is 2.78. The molecule has 0 aromatic carbocycles. The van der Waals surface area contributed by atoms with Crippen molar-refractivity contribution in [1.29, 1.82) is 0 Å². The molecule has 1 N–H and O–H groups in total. The number of nitrogens with one attached hydrogen (secondary N) is 1. The second kappa shape index (κ2) is 5.66. The van der Waals surface area contributed by atoms with Crippen LogP contribution < -0.4 is 5.32 Å². The molecule has 2 rings (SSSR count). The Labute approximate surface area is 128 Å². The van der Waals surface area contributed by atoms with Crippen LogP contribution in [0, 0.1) is 12.3 Å². The summed E-state index contributed by atoms with van der Waals surface area (Å²) >= 11 is 0. The monoisotopic (exact) mass is 288 g/mol. The van der Waals surface area contributed by atoms with E-state index in [1.165, 1.54) is 5.56 Å². The van der Waals surface area contributed by atoms with E-state index >= 15 is 0 Å². The Morgan fingerprint density at radius 2 is 2.05 bits per heavy atom. The molecular formula is C17H28N4. The van der Waals surface area contributed by atoms with Gasteiger partial charge in [0.15, 0.2) is 5.96 Å². The van der Waals surface area contributed by atoms with Gasteiger partial charge in [-0.15, -0.1) is 0 Å². The van der Waals surface area contributed by atoms with Crippen LogP contribution in [-0.2, 0) is 6.42 Å². The highest BCUT2D eigenvalue weighted by molar-refractivity contribution is 5.82. The third-order valence-electron chi connectivity index (χ3n) is 5.02. The Morgan fingerprint density at radius 3 is 2.52 bits per heavy atom. The summed E-state index contributed by atoms with van der Waals surface area (Å²) in [6, 6.07) is 4.20. The molecule has 0 bridgehead atoms. The van der Waals surface area contributed by atoms with Gasteiger partial charge in [0.2, 0.25) is 0 Å². The van der Waals surface area contributed by atoms with Crippen molar-refractivity contribution < 1.29 is 0 Å². The van der Waals surface area contributed by atoms with Crippen LogP contribution >= 0.6 is 0 Å². The first kappa shape index (κ1) is 15.8. The Hall–Kier alpha value is -1.58. The molecular weight excluding hydrogens is 260 g/mol. The lowest BCUT2D eigenvalue weighted by Crippen LogP contribution is -2.72. The standard InChI is InChI=1S/C17H28N4/c1-13-7-8-14(11-20-13)9-10-19-15(18-6)21-12-16(2,3)17(21,4)5/h7-8,11H,9-10,12H2,1-6H3,(H,18,19). The molecule has 1 aliphatic heterocycles. The molecule has 21 heavy (non-hydrogen) atoms. The molecule has 1 aliphatic rings. The van der Waals surface area contributed by atoms with E-state index in [2.05, 4.69) is 60.0 Å². The van der Waals surface area contributed by atoms with Gasteiger partial charge in [-0.2, -0.15) is 0 Å². The van der Waals surface area contributed by atoms with E-state index in [4.69, 9.17) is 0 Å². The zero-order valence-electron chi connectivity index (χ0n) is 14.2. The van der Waals surface area contributed by atoms with Crippen molar-refractivity contribution in [1.82, 2.24) is 15.2 Å². The summed E-state index contributed by atoms with van der Waals surface area (Å²) < 4.78 is 0. The van der Waals surface area contributed by atoms with E-state index in [1.54, 1.807) is 0 Å². The number of rotatable bonds is 3. The fourth-order valence-corrected chi connectivity index (χ4v) is 2.66. The minimum Gasteiger partial charge on any atom is -0.356 e. The summed E-state index contributed by atoms with van der Waals surface area (Å²) in [5, 5.41) is 3.48. The number of nitrogens with zero attached hydrogens (tertiary/aromatic N) is 3. The fourth-order valence-electron chi connectivity index (χ4n) is 2.66. The van der Waals surface area contributed by atoms with Crippen molar-refractivity contribution in [3.63, 3.8) is 0 Å². The molecule has 0 radical (unpaired) electrons. The van der Waals surface area contributed by atoms with Gasteiger partial charge in [-0.3, -0.25) is 9.98 Å². The Bertz CT molecular complexity index is 514. The second-order valence-corrected chi connectivity index (χ2v) is 7.06. The molecule has 4 nitrogen and oxygen atoms in total. The minimum atomic E-state index is 0.139. The molecule has 0 spiro atoms. The first-order valence-corrected chi connectivity index (χ1v) is 7.68. The molecule has 1 aromatic rings. The van der Waals surface area contributed by atoms with Gasteiger partial charge in [0, 0.05) is 43.0 Å². The Kier molecular flexibility index (Phi) is 4.26. The minimum absolute atomic E-state index is 0.139. The number of guanidine groups is 1. The second-order valence-electron chi connectivity index (χ2n) is 7.06. The van der Waals surface area contributed by atoms with Crippen LogP contribution in [0.15, 0.2) is 23.3 Å². The molecule has 0 unspecified atom stereocenters. The van der Waals surface area contributed by atoms with Crippen LogP contribution in [-0.4, -0.2) is 41.5 Å². The lowest BCUT2D eigenvalue weighted by atomic mass is 9.65. The molecule has 2 heterocycles. The van der Waals surface area contributed by atoms with Crippen molar-refractivity contribution in [2.75, 3.05) is 20.1 Å². The molecule has 116 valence electrons. The number of aryl methyl sites for hydroxylation is 1. The topological polar surface area (TPSA) is 40.5 Å². The third-order valence-corrected chi connectivity index (χ3v) is 5.02. The highest BCUT2D eigenvalue weighted by Crippen LogP contribution is 2.46. The zero-order valence-corrected chi connectivity index (χ0v) is 14.2. The van der Waals surface area contributed by atoms with Crippen molar-refractivity contribution >= 4 is 5.96 Å². The first-order chi connectivity index (χ1) is 9.78. The van der Waals surface area contributed by atoms with Crippen LogP contribution in [0.2, 0.25) is 0 Å². The number of aliphatic imine (C=N–C) groups is 1. The lowest BCUT2D eigenvalue weighted by Gasteiger charge is -2.62. The predicted octanol–water partition coefficient (Wildman–Crippen LogP) is 2.63. The average Bonchev–Trinajstić information content (AvgIpc) is 2.44. The molecule has 1 aromatic heterocycles. The van der Waals surface area contributed by atoms with Crippen LogP contribution in [0.5, 0.6) is 0 Å². The van der Waals surface area contributed by atoms with E-state index in [0.29, 0.717) is 5.41 Å². The van der Waals surface area contributed by atoms with Gasteiger partial charge in [0.1, 0.15) is 0 Å². The molecule has 0 atom stereocenters. The summed E-state index contributed by atoms with van der Waals surface area (Å²) in [7, 11) is 1.86. The number of hydrogen-bond donors (Lipinski definition) is 1. The van der Waals surface area contributed by atoms with Crippen molar-refractivity contribution in [2.24, 2.45) is 10.4 Å². The van der Waals surface area contributed by atoms with Crippen LogP contribution in [0.25, 0.3) is 0 Å². The molecule has 0 aliphatic carbocycles. The van der Waals surface area contributed by atoms with Gasteiger partial charge in [0.25, 0.3) is 0 Å². The van der Waals surface area contributed by atoms with Crippen molar-refractivity contribution in [2.45, 2.75) is 46.6 Å². The average molecular weight is 288 g/mol. The smallest absolute Gasteiger partial charge is 0.194 e. The van der Waals surface area contributed by atoms with Crippen molar-refractivity contribution in [3.05, 3.63) is 29.6 Å². The molecule has 1 saturated heterocycles. The maximum Gasteiger partial charge on any atom is 0.194 e. The molecule has 0 saturated carbocycles. The maximum absolute atomic E-state index is 4.43. The predicted molar refractivity (Wildman–Crippen MR) is 88.6 cm³/mol. The SMILES string of the molecule is CN=C(NCCc1ccc(C)nc1)N1CC(C)(C)C1(C)C. The van der Waals surface area contributed by atoms with Gasteiger partial charge in [-0.25, -0.2) is 0 Å². The van der Waals surface area contributed by atoms with Gasteiger partial charge < -0.3 is 10.2 Å². The van der Waals surface area contributed by atoms with Gasteiger partial charge >= 0.3 is 0 Å². The summed E-state index contributed by atoms with van der Waals surface area (Å²) in [6.45, 7) is 13.1. The fraction of sp³-hybridized carbons (Fsp3) is 0.647. The highest BCUT2D eigenvalue weighted by Gasteiger charge is 2.53. The van der Waals surface area contributed by atoms with E-state index in [9.17, 15) is 0 Å². The Morgan fingerprint density at radius 1 is 1.33 bits per heavy atom. The largest absolute Gasteiger partial charge is 0.356 e. The normalized spacial score (nSPS) is 20.1. The zero-order chi connectivity index (χ0) is 15.7.